The Morgan fingerprint density at radius 1 is 1.32 bits per heavy atom. The van der Waals surface area contributed by atoms with Gasteiger partial charge in [0.1, 0.15) is 11.6 Å². The average molecular weight is 267 g/mol. The molecule has 1 saturated carbocycles. The van der Waals surface area contributed by atoms with Crippen LogP contribution in [0.25, 0.3) is 0 Å². The van der Waals surface area contributed by atoms with Gasteiger partial charge in [-0.05, 0) is 50.8 Å². The van der Waals surface area contributed by atoms with E-state index in [0.29, 0.717) is 11.8 Å². The second-order valence-electron chi connectivity index (χ2n) is 5.28. The van der Waals surface area contributed by atoms with Gasteiger partial charge in [-0.2, -0.15) is 0 Å². The summed E-state index contributed by atoms with van der Waals surface area (Å²) in [5.41, 5.74) is 0.841. The minimum Gasteiger partial charge on any atom is -0.496 e. The molecule has 0 heterocycles. The molecule has 4 heteroatoms. The van der Waals surface area contributed by atoms with Crippen LogP contribution in [0.3, 0.4) is 0 Å². The van der Waals surface area contributed by atoms with Gasteiger partial charge in [0, 0.05) is 17.6 Å². The normalized spacial score (nSPS) is 25.1. The summed E-state index contributed by atoms with van der Waals surface area (Å²) in [6.07, 6.45) is 3.44. The summed E-state index contributed by atoms with van der Waals surface area (Å²) in [5, 5.41) is 13.0. The van der Waals surface area contributed by atoms with Gasteiger partial charge in [-0.25, -0.2) is 4.39 Å². The Hall–Kier alpha value is -1.13. The fraction of sp³-hybridized carbons (Fsp3) is 0.600. The molecule has 0 aliphatic heterocycles. The van der Waals surface area contributed by atoms with Crippen LogP contribution < -0.4 is 10.1 Å². The predicted molar refractivity (Wildman–Crippen MR) is 72.8 cm³/mol. The van der Waals surface area contributed by atoms with Crippen molar-refractivity contribution in [3.05, 3.63) is 29.6 Å². The number of aliphatic hydroxyl groups is 1. The highest BCUT2D eigenvalue weighted by Crippen LogP contribution is 2.28. The van der Waals surface area contributed by atoms with Crippen molar-refractivity contribution >= 4 is 0 Å². The Bertz CT molecular complexity index is 417. The van der Waals surface area contributed by atoms with E-state index in [1.54, 1.807) is 13.2 Å². The van der Waals surface area contributed by atoms with E-state index in [4.69, 9.17) is 4.74 Å². The molecular formula is C15H22FNO2. The highest BCUT2D eigenvalue weighted by molar-refractivity contribution is 5.36. The molecule has 1 aliphatic rings. The molecule has 3 nitrogen and oxygen atoms in total. The maximum Gasteiger partial charge on any atom is 0.123 e. The van der Waals surface area contributed by atoms with E-state index >= 15 is 0 Å². The summed E-state index contributed by atoms with van der Waals surface area (Å²) >= 11 is 0. The quantitative estimate of drug-likeness (QED) is 0.881. The molecule has 1 aliphatic carbocycles. The van der Waals surface area contributed by atoms with Crippen LogP contribution in [0.2, 0.25) is 0 Å². The lowest BCUT2D eigenvalue weighted by Crippen LogP contribution is -2.36. The number of benzene rings is 1. The molecule has 19 heavy (non-hydrogen) atoms. The predicted octanol–water partition coefficient (Wildman–Crippen LogP) is 2.79. The second-order valence-corrected chi connectivity index (χ2v) is 5.28. The van der Waals surface area contributed by atoms with Crippen LogP contribution in [0.1, 0.15) is 44.2 Å². The Kier molecular flexibility index (Phi) is 4.77. The minimum atomic E-state index is -0.247. The third kappa shape index (κ3) is 3.67. The number of hydrogen-bond acceptors (Lipinski definition) is 3. The third-order valence-electron chi connectivity index (χ3n) is 3.84. The maximum atomic E-state index is 13.4. The smallest absolute Gasteiger partial charge is 0.123 e. The van der Waals surface area contributed by atoms with Gasteiger partial charge < -0.3 is 15.2 Å². The van der Waals surface area contributed by atoms with Crippen molar-refractivity contribution in [3.8, 4) is 5.75 Å². The molecule has 1 aromatic carbocycles. The van der Waals surface area contributed by atoms with Crippen molar-refractivity contribution in [1.29, 1.82) is 0 Å². The van der Waals surface area contributed by atoms with Gasteiger partial charge in [0.15, 0.2) is 0 Å². The van der Waals surface area contributed by atoms with Crippen molar-refractivity contribution in [2.75, 3.05) is 7.11 Å². The summed E-state index contributed by atoms with van der Waals surface area (Å²) in [6.45, 7) is 2.02. The molecule has 2 N–H and O–H groups in total. The van der Waals surface area contributed by atoms with Crippen molar-refractivity contribution < 1.29 is 14.2 Å². The maximum absolute atomic E-state index is 13.4. The van der Waals surface area contributed by atoms with Crippen LogP contribution in [0.4, 0.5) is 4.39 Å². The van der Waals surface area contributed by atoms with E-state index in [9.17, 15) is 9.50 Å². The van der Waals surface area contributed by atoms with Gasteiger partial charge in [0.25, 0.3) is 0 Å². The molecule has 0 radical (unpaired) electrons. The van der Waals surface area contributed by atoms with Gasteiger partial charge >= 0.3 is 0 Å². The lowest BCUT2D eigenvalue weighted by atomic mass is 9.92. The van der Waals surface area contributed by atoms with Gasteiger partial charge in [0.2, 0.25) is 0 Å². The van der Waals surface area contributed by atoms with Gasteiger partial charge in [-0.15, -0.1) is 0 Å². The largest absolute Gasteiger partial charge is 0.496 e. The zero-order valence-corrected chi connectivity index (χ0v) is 11.5. The van der Waals surface area contributed by atoms with Crippen LogP contribution in [0, 0.1) is 5.82 Å². The molecule has 106 valence electrons. The first kappa shape index (κ1) is 14.3. The molecule has 2 rings (SSSR count). The molecule has 1 atom stereocenters. The average Bonchev–Trinajstić information content (AvgIpc) is 2.41. The number of ether oxygens (including phenoxy) is 1. The van der Waals surface area contributed by atoms with E-state index in [1.807, 2.05) is 6.92 Å². The van der Waals surface area contributed by atoms with Crippen molar-refractivity contribution in [3.63, 3.8) is 0 Å². The molecule has 1 aromatic rings. The molecule has 1 fully saturated rings. The van der Waals surface area contributed by atoms with E-state index < -0.39 is 0 Å². The molecule has 1 unspecified atom stereocenters. The van der Waals surface area contributed by atoms with Gasteiger partial charge in [-0.3, -0.25) is 0 Å². The zero-order chi connectivity index (χ0) is 13.8. The van der Waals surface area contributed by atoms with Crippen LogP contribution in [-0.4, -0.2) is 24.4 Å². The van der Waals surface area contributed by atoms with Gasteiger partial charge in [0.05, 0.1) is 13.2 Å². The monoisotopic (exact) mass is 267 g/mol. The number of halogens is 1. The van der Waals surface area contributed by atoms with Crippen LogP contribution in [0.15, 0.2) is 18.2 Å². The van der Waals surface area contributed by atoms with Crippen LogP contribution in [-0.2, 0) is 0 Å². The van der Waals surface area contributed by atoms with Crippen molar-refractivity contribution in [2.24, 2.45) is 0 Å². The van der Waals surface area contributed by atoms with Crippen LogP contribution >= 0.6 is 0 Å². The Balaban J connectivity index is 2.03. The van der Waals surface area contributed by atoms with Gasteiger partial charge in [-0.1, -0.05) is 0 Å². The summed E-state index contributed by atoms with van der Waals surface area (Å²) in [4.78, 5) is 0. The summed E-state index contributed by atoms with van der Waals surface area (Å²) in [5.74, 6) is 0.459. The molecule has 0 bridgehead atoms. The first-order valence-corrected chi connectivity index (χ1v) is 6.87. The number of methoxy groups -OCH3 is 1. The van der Waals surface area contributed by atoms with Crippen molar-refractivity contribution in [1.82, 2.24) is 5.32 Å². The Labute approximate surface area is 113 Å². The van der Waals surface area contributed by atoms with Crippen molar-refractivity contribution in [2.45, 2.75) is 50.8 Å². The first-order valence-electron chi connectivity index (χ1n) is 6.87. The molecule has 0 spiro atoms. The lowest BCUT2D eigenvalue weighted by Gasteiger charge is -2.29. The molecule has 0 amide bonds. The summed E-state index contributed by atoms with van der Waals surface area (Å²) in [6, 6.07) is 5.01. The SMILES string of the molecule is COc1ccc(F)cc1C(C)NC1CCC(O)CC1. The molecular weight excluding hydrogens is 245 g/mol. The Morgan fingerprint density at radius 2 is 2.00 bits per heavy atom. The first-order chi connectivity index (χ1) is 9.10. The zero-order valence-electron chi connectivity index (χ0n) is 11.5. The van der Waals surface area contributed by atoms with E-state index in [1.165, 1.54) is 12.1 Å². The highest BCUT2D eigenvalue weighted by Gasteiger charge is 2.22. The standard InChI is InChI=1S/C15H22FNO2/c1-10(17-12-4-6-13(18)7-5-12)14-9-11(16)3-8-15(14)19-2/h3,8-10,12-13,17-18H,4-7H2,1-2H3. The minimum absolute atomic E-state index is 0.0332. The molecule has 0 saturated heterocycles. The van der Waals surface area contributed by atoms with E-state index in [-0.39, 0.29) is 18.0 Å². The number of nitrogens with one attached hydrogen (secondary N) is 1. The number of rotatable bonds is 4. The fourth-order valence-electron chi connectivity index (χ4n) is 2.73. The fourth-order valence-corrected chi connectivity index (χ4v) is 2.73. The van der Waals surface area contributed by atoms with E-state index in [2.05, 4.69) is 5.32 Å². The summed E-state index contributed by atoms with van der Waals surface area (Å²) < 4.78 is 18.6. The number of hydrogen-bond donors (Lipinski definition) is 2. The van der Waals surface area contributed by atoms with E-state index in [0.717, 1.165) is 31.2 Å². The topological polar surface area (TPSA) is 41.5 Å². The molecule has 0 aromatic heterocycles. The third-order valence-corrected chi connectivity index (χ3v) is 3.84. The lowest BCUT2D eigenvalue weighted by molar-refractivity contribution is 0.114. The second kappa shape index (κ2) is 6.35. The highest BCUT2D eigenvalue weighted by atomic mass is 19.1. The Morgan fingerprint density at radius 3 is 2.63 bits per heavy atom. The summed E-state index contributed by atoms with van der Waals surface area (Å²) in [7, 11) is 1.60. The van der Waals surface area contributed by atoms with Crippen LogP contribution in [0.5, 0.6) is 5.75 Å². The number of aliphatic hydroxyl groups excluding tert-OH is 1.